The van der Waals surface area contributed by atoms with Crippen LogP contribution in [0.4, 0.5) is 0 Å². The second-order valence-electron chi connectivity index (χ2n) is 6.71. The van der Waals surface area contributed by atoms with Crippen LogP contribution >= 0.6 is 0 Å². The van der Waals surface area contributed by atoms with Gasteiger partial charge in [-0.3, -0.25) is 0 Å². The summed E-state index contributed by atoms with van der Waals surface area (Å²) in [7, 11) is 0. The van der Waals surface area contributed by atoms with Crippen LogP contribution in [0.2, 0.25) is 0 Å². The van der Waals surface area contributed by atoms with Gasteiger partial charge in [-0.15, -0.1) is 0 Å². The molecule has 0 unspecified atom stereocenters. The van der Waals surface area contributed by atoms with Gasteiger partial charge < -0.3 is 9.40 Å². The average molecular weight is 333 g/mol. The van der Waals surface area contributed by atoms with E-state index in [0.717, 1.165) is 33.0 Å². The summed E-state index contributed by atoms with van der Waals surface area (Å²) in [5, 5.41) is 4.74. The first kappa shape index (κ1) is 13.7. The van der Waals surface area contributed by atoms with Gasteiger partial charge >= 0.3 is 0 Å². The van der Waals surface area contributed by atoms with Crippen LogP contribution in [0.3, 0.4) is 0 Å². The Kier molecular flexibility index (Phi) is 2.64. The molecule has 0 fully saturated rings. The van der Waals surface area contributed by atoms with Crippen LogP contribution < -0.4 is 0 Å². The maximum absolute atomic E-state index is 6.25. The van der Waals surface area contributed by atoms with Crippen molar-refractivity contribution in [3.05, 3.63) is 84.9 Å². The van der Waals surface area contributed by atoms with Gasteiger partial charge in [-0.2, -0.15) is 0 Å². The number of hydrogen-bond donors (Lipinski definition) is 1. The smallest absolute Gasteiger partial charge is 0.159 e. The van der Waals surface area contributed by atoms with Gasteiger partial charge in [0.05, 0.1) is 5.52 Å². The van der Waals surface area contributed by atoms with Crippen molar-refractivity contribution in [2.24, 2.45) is 0 Å². The molecular formula is C24H15NO. The van der Waals surface area contributed by atoms with Crippen LogP contribution in [0.1, 0.15) is 0 Å². The number of para-hydroxylation sites is 1. The van der Waals surface area contributed by atoms with Gasteiger partial charge in [0.15, 0.2) is 5.58 Å². The summed E-state index contributed by atoms with van der Waals surface area (Å²) in [6.07, 6.45) is 0. The van der Waals surface area contributed by atoms with Gasteiger partial charge in [0, 0.05) is 27.1 Å². The van der Waals surface area contributed by atoms with Gasteiger partial charge in [0.1, 0.15) is 5.58 Å². The van der Waals surface area contributed by atoms with Gasteiger partial charge in [-0.1, -0.05) is 60.7 Å². The van der Waals surface area contributed by atoms with Crippen LogP contribution in [0.15, 0.2) is 89.3 Å². The van der Waals surface area contributed by atoms with Crippen LogP contribution in [0, 0.1) is 0 Å². The number of H-pyrrole nitrogens is 1. The third-order valence-corrected chi connectivity index (χ3v) is 5.22. The van der Waals surface area contributed by atoms with E-state index in [0.29, 0.717) is 0 Å². The van der Waals surface area contributed by atoms with Gasteiger partial charge in [0.25, 0.3) is 0 Å². The maximum atomic E-state index is 6.25. The molecule has 2 nitrogen and oxygen atoms in total. The molecule has 6 aromatic rings. The van der Waals surface area contributed by atoms with Crippen molar-refractivity contribution in [2.45, 2.75) is 0 Å². The molecule has 6 rings (SSSR count). The summed E-state index contributed by atoms with van der Waals surface area (Å²) in [4.78, 5) is 3.53. The van der Waals surface area contributed by atoms with E-state index in [-0.39, 0.29) is 0 Å². The average Bonchev–Trinajstić information content (AvgIpc) is 3.26. The van der Waals surface area contributed by atoms with Gasteiger partial charge in [-0.05, 0) is 35.4 Å². The van der Waals surface area contributed by atoms with Crippen molar-refractivity contribution in [1.82, 2.24) is 4.98 Å². The summed E-state index contributed by atoms with van der Waals surface area (Å²) >= 11 is 0. The molecule has 0 radical (unpaired) electrons. The number of nitrogens with one attached hydrogen (secondary N) is 1. The molecule has 26 heavy (non-hydrogen) atoms. The highest BCUT2D eigenvalue weighted by Gasteiger charge is 2.14. The van der Waals surface area contributed by atoms with Gasteiger partial charge in [0.2, 0.25) is 0 Å². The largest absolute Gasteiger partial charge is 0.454 e. The Hall–Kier alpha value is -3.52. The minimum atomic E-state index is 0.922. The van der Waals surface area contributed by atoms with Gasteiger partial charge in [-0.25, -0.2) is 0 Å². The Morgan fingerprint density at radius 2 is 1.38 bits per heavy atom. The highest BCUT2D eigenvalue weighted by atomic mass is 16.3. The van der Waals surface area contributed by atoms with E-state index in [1.165, 1.54) is 21.9 Å². The predicted molar refractivity (Wildman–Crippen MR) is 109 cm³/mol. The molecule has 0 aliphatic carbocycles. The van der Waals surface area contributed by atoms with Crippen molar-refractivity contribution in [1.29, 1.82) is 0 Å². The zero-order valence-electron chi connectivity index (χ0n) is 14.0. The molecule has 4 aromatic carbocycles. The summed E-state index contributed by atoms with van der Waals surface area (Å²) in [5.41, 5.74) is 6.49. The highest BCUT2D eigenvalue weighted by Crippen LogP contribution is 2.37. The molecule has 1 N–H and O–H groups in total. The van der Waals surface area contributed by atoms with Crippen LogP contribution in [0.25, 0.3) is 54.9 Å². The van der Waals surface area contributed by atoms with Crippen molar-refractivity contribution in [2.75, 3.05) is 0 Å². The lowest BCUT2D eigenvalue weighted by atomic mass is 10.0. The van der Waals surface area contributed by atoms with E-state index in [9.17, 15) is 0 Å². The zero-order valence-corrected chi connectivity index (χ0v) is 14.0. The summed E-state index contributed by atoms with van der Waals surface area (Å²) in [5.74, 6) is 0. The lowest BCUT2D eigenvalue weighted by Gasteiger charge is -2.01. The first-order chi connectivity index (χ1) is 12.9. The second-order valence-corrected chi connectivity index (χ2v) is 6.71. The van der Waals surface area contributed by atoms with Crippen LogP contribution in [-0.2, 0) is 0 Å². The molecule has 0 aliphatic heterocycles. The van der Waals surface area contributed by atoms with E-state index in [4.69, 9.17) is 4.42 Å². The molecule has 0 saturated heterocycles. The second kappa shape index (κ2) is 4.99. The number of rotatable bonds is 1. The Morgan fingerprint density at radius 3 is 2.31 bits per heavy atom. The van der Waals surface area contributed by atoms with Crippen LogP contribution in [-0.4, -0.2) is 4.98 Å². The van der Waals surface area contributed by atoms with E-state index in [2.05, 4.69) is 83.8 Å². The fraction of sp³-hybridized carbons (Fsp3) is 0. The molecule has 0 amide bonds. The van der Waals surface area contributed by atoms with Crippen molar-refractivity contribution in [3.63, 3.8) is 0 Å². The SMILES string of the molecule is c1ccc(-c2ccc3oc4c(ccc5c6ccccc6[nH]c54)c3c2)cc1. The highest BCUT2D eigenvalue weighted by molar-refractivity contribution is 6.20. The molecular weight excluding hydrogens is 318 g/mol. The third-order valence-electron chi connectivity index (χ3n) is 5.22. The lowest BCUT2D eigenvalue weighted by molar-refractivity contribution is 0.672. The van der Waals surface area contributed by atoms with Crippen molar-refractivity contribution < 1.29 is 4.42 Å². The standard InChI is InChI=1S/C24H15NO/c1-2-6-15(7-3-1)16-10-13-22-20(14-16)19-12-11-18-17-8-4-5-9-21(17)25-23(18)24(19)26-22/h1-14,25H. The number of fused-ring (bicyclic) bond motifs is 7. The monoisotopic (exact) mass is 333 g/mol. The minimum absolute atomic E-state index is 0.922. The molecule has 122 valence electrons. The van der Waals surface area contributed by atoms with E-state index >= 15 is 0 Å². The van der Waals surface area contributed by atoms with Crippen LogP contribution in [0.5, 0.6) is 0 Å². The Balaban J connectivity index is 1.70. The quantitative estimate of drug-likeness (QED) is 0.349. The number of aromatic amines is 1. The van der Waals surface area contributed by atoms with Crippen molar-refractivity contribution in [3.8, 4) is 11.1 Å². The normalized spacial score (nSPS) is 11.8. The Bertz CT molecular complexity index is 1420. The Morgan fingerprint density at radius 1 is 0.577 bits per heavy atom. The van der Waals surface area contributed by atoms with E-state index in [1.54, 1.807) is 0 Å². The number of benzene rings is 4. The molecule has 0 spiro atoms. The summed E-state index contributed by atoms with van der Waals surface area (Å²) in [6, 6.07) is 29.7. The lowest BCUT2D eigenvalue weighted by Crippen LogP contribution is -1.76. The molecule has 0 atom stereocenters. The topological polar surface area (TPSA) is 28.9 Å². The molecule has 0 aliphatic rings. The molecule has 0 saturated carbocycles. The first-order valence-corrected chi connectivity index (χ1v) is 8.79. The fourth-order valence-electron chi connectivity index (χ4n) is 3.96. The number of aromatic nitrogens is 1. The molecule has 0 bridgehead atoms. The van der Waals surface area contributed by atoms with Crippen molar-refractivity contribution >= 4 is 43.7 Å². The zero-order chi connectivity index (χ0) is 17.1. The summed E-state index contributed by atoms with van der Waals surface area (Å²) in [6.45, 7) is 0. The Labute approximate surface area is 149 Å². The molecule has 2 heterocycles. The van der Waals surface area contributed by atoms with E-state index in [1.807, 2.05) is 6.07 Å². The third kappa shape index (κ3) is 1.81. The first-order valence-electron chi connectivity index (χ1n) is 8.79. The molecule has 2 heteroatoms. The maximum Gasteiger partial charge on any atom is 0.159 e. The number of hydrogen-bond acceptors (Lipinski definition) is 1. The fourth-order valence-corrected chi connectivity index (χ4v) is 3.96. The number of furan rings is 1. The van der Waals surface area contributed by atoms with E-state index < -0.39 is 0 Å². The summed E-state index contributed by atoms with van der Waals surface area (Å²) < 4.78 is 6.25. The minimum Gasteiger partial charge on any atom is -0.454 e. The predicted octanol–water partition coefficient (Wildman–Crippen LogP) is 6.89. The molecule has 2 aromatic heterocycles.